The SMILES string of the molecule is O=C(CCc1nc2sc3c(c2c(=O)[nH]1)CCCC3)NCc1nc2ccccc2[nH]1. The predicted octanol–water partition coefficient (Wildman–Crippen LogP) is 2.99. The highest BCUT2D eigenvalue weighted by Gasteiger charge is 2.19. The van der Waals surface area contributed by atoms with Gasteiger partial charge in [-0.05, 0) is 43.4 Å². The number of para-hydroxylation sites is 2. The average molecular weight is 407 g/mol. The molecule has 3 aromatic heterocycles. The molecule has 8 heteroatoms. The molecule has 0 atom stereocenters. The Morgan fingerprint density at radius 2 is 1.97 bits per heavy atom. The van der Waals surface area contributed by atoms with E-state index in [-0.39, 0.29) is 17.9 Å². The molecule has 0 radical (unpaired) electrons. The zero-order valence-corrected chi connectivity index (χ0v) is 16.7. The number of rotatable bonds is 5. The topological polar surface area (TPSA) is 104 Å². The number of imidazole rings is 1. The number of aromatic amines is 2. The van der Waals surface area contributed by atoms with Gasteiger partial charge in [0.15, 0.2) is 0 Å². The zero-order chi connectivity index (χ0) is 19.8. The smallest absolute Gasteiger partial charge is 0.259 e. The molecule has 1 amide bonds. The first-order valence-corrected chi connectivity index (χ1v) is 10.7. The third-order valence-electron chi connectivity index (χ3n) is 5.35. The van der Waals surface area contributed by atoms with Gasteiger partial charge in [0, 0.05) is 17.7 Å². The maximum Gasteiger partial charge on any atom is 0.259 e. The molecule has 0 unspecified atom stereocenters. The summed E-state index contributed by atoms with van der Waals surface area (Å²) < 4.78 is 0. The average Bonchev–Trinajstić information content (AvgIpc) is 3.31. The number of thiophene rings is 1. The molecule has 0 saturated heterocycles. The van der Waals surface area contributed by atoms with Crippen LogP contribution in [0, 0.1) is 0 Å². The van der Waals surface area contributed by atoms with Gasteiger partial charge in [-0.15, -0.1) is 11.3 Å². The van der Waals surface area contributed by atoms with E-state index < -0.39 is 0 Å². The number of carbonyl (C=O) groups excluding carboxylic acids is 1. The molecule has 1 aromatic carbocycles. The Balaban J connectivity index is 1.24. The Labute approximate surface area is 170 Å². The quantitative estimate of drug-likeness (QED) is 0.473. The van der Waals surface area contributed by atoms with Gasteiger partial charge in [-0.25, -0.2) is 9.97 Å². The van der Waals surface area contributed by atoms with Crippen molar-refractivity contribution in [2.24, 2.45) is 0 Å². The molecule has 3 N–H and O–H groups in total. The molecule has 7 nitrogen and oxygen atoms in total. The molecule has 0 saturated carbocycles. The van der Waals surface area contributed by atoms with E-state index in [1.165, 1.54) is 16.9 Å². The van der Waals surface area contributed by atoms with Crippen LogP contribution in [0.25, 0.3) is 21.3 Å². The van der Waals surface area contributed by atoms with Gasteiger partial charge in [-0.3, -0.25) is 9.59 Å². The number of carbonyl (C=O) groups is 1. The van der Waals surface area contributed by atoms with Gasteiger partial charge >= 0.3 is 0 Å². The zero-order valence-electron chi connectivity index (χ0n) is 15.9. The van der Waals surface area contributed by atoms with Gasteiger partial charge in [-0.1, -0.05) is 12.1 Å². The lowest BCUT2D eigenvalue weighted by atomic mass is 9.97. The molecular weight excluding hydrogens is 386 g/mol. The summed E-state index contributed by atoms with van der Waals surface area (Å²) in [5.41, 5.74) is 2.93. The van der Waals surface area contributed by atoms with E-state index in [2.05, 4.69) is 25.3 Å². The minimum Gasteiger partial charge on any atom is -0.349 e. The minimum atomic E-state index is -0.0984. The fourth-order valence-corrected chi connectivity index (χ4v) is 5.20. The predicted molar refractivity (Wildman–Crippen MR) is 113 cm³/mol. The van der Waals surface area contributed by atoms with Crippen LogP contribution in [-0.4, -0.2) is 25.8 Å². The summed E-state index contributed by atoms with van der Waals surface area (Å²) in [6.07, 6.45) is 4.97. The van der Waals surface area contributed by atoms with E-state index in [1.807, 2.05) is 24.3 Å². The summed E-state index contributed by atoms with van der Waals surface area (Å²) in [5.74, 6) is 1.19. The van der Waals surface area contributed by atoms with Crippen LogP contribution in [0.1, 0.15) is 41.4 Å². The lowest BCUT2D eigenvalue weighted by molar-refractivity contribution is -0.121. The van der Waals surface area contributed by atoms with Gasteiger partial charge in [0.1, 0.15) is 16.5 Å². The van der Waals surface area contributed by atoms with E-state index in [4.69, 9.17) is 0 Å². The summed E-state index contributed by atoms with van der Waals surface area (Å²) in [6, 6.07) is 7.75. The number of aromatic nitrogens is 4. The molecule has 3 heterocycles. The number of hydrogen-bond donors (Lipinski definition) is 3. The van der Waals surface area contributed by atoms with Crippen molar-refractivity contribution in [1.82, 2.24) is 25.3 Å². The van der Waals surface area contributed by atoms with Crippen molar-refractivity contribution in [1.29, 1.82) is 0 Å². The van der Waals surface area contributed by atoms with Gasteiger partial charge < -0.3 is 15.3 Å². The van der Waals surface area contributed by atoms with Crippen LogP contribution in [0.15, 0.2) is 29.1 Å². The first-order chi connectivity index (χ1) is 14.2. The molecule has 4 aromatic rings. The van der Waals surface area contributed by atoms with E-state index in [0.717, 1.165) is 46.3 Å². The number of nitrogens with zero attached hydrogens (tertiary/aromatic N) is 2. The maximum atomic E-state index is 12.6. The number of aryl methyl sites for hydroxylation is 3. The van der Waals surface area contributed by atoms with Crippen molar-refractivity contribution >= 4 is 38.5 Å². The van der Waals surface area contributed by atoms with Crippen molar-refractivity contribution in [3.05, 3.63) is 56.7 Å². The van der Waals surface area contributed by atoms with Crippen molar-refractivity contribution in [2.45, 2.75) is 45.1 Å². The van der Waals surface area contributed by atoms with E-state index in [9.17, 15) is 9.59 Å². The molecular formula is C21H21N5O2S. The second-order valence-corrected chi connectivity index (χ2v) is 8.46. The summed E-state index contributed by atoms with van der Waals surface area (Å²) in [6.45, 7) is 0.341. The second kappa shape index (κ2) is 7.44. The fourth-order valence-electron chi connectivity index (χ4n) is 3.92. The number of hydrogen-bond acceptors (Lipinski definition) is 5. The van der Waals surface area contributed by atoms with Crippen molar-refractivity contribution in [3.8, 4) is 0 Å². The summed E-state index contributed by atoms with van der Waals surface area (Å²) >= 11 is 1.63. The molecule has 1 aliphatic rings. The first-order valence-electron chi connectivity index (χ1n) is 9.91. The highest BCUT2D eigenvalue weighted by Crippen LogP contribution is 2.33. The maximum absolute atomic E-state index is 12.6. The van der Waals surface area contributed by atoms with Gasteiger partial charge in [-0.2, -0.15) is 0 Å². The largest absolute Gasteiger partial charge is 0.349 e. The van der Waals surface area contributed by atoms with Crippen LogP contribution in [0.2, 0.25) is 0 Å². The van der Waals surface area contributed by atoms with Gasteiger partial charge in [0.2, 0.25) is 5.91 Å². The van der Waals surface area contributed by atoms with E-state index in [0.29, 0.717) is 18.8 Å². The van der Waals surface area contributed by atoms with Crippen LogP contribution in [0.3, 0.4) is 0 Å². The van der Waals surface area contributed by atoms with E-state index in [1.54, 1.807) is 11.3 Å². The van der Waals surface area contributed by atoms with Gasteiger partial charge in [0.25, 0.3) is 5.56 Å². The fraction of sp³-hybridized carbons (Fsp3) is 0.333. The molecule has 0 fully saturated rings. The highest BCUT2D eigenvalue weighted by molar-refractivity contribution is 7.18. The second-order valence-electron chi connectivity index (χ2n) is 7.38. The Bertz CT molecular complexity index is 1240. The number of nitrogens with one attached hydrogen (secondary N) is 3. The van der Waals surface area contributed by atoms with Crippen LogP contribution in [0.4, 0.5) is 0 Å². The van der Waals surface area contributed by atoms with Crippen LogP contribution < -0.4 is 10.9 Å². The van der Waals surface area contributed by atoms with Crippen molar-refractivity contribution < 1.29 is 4.79 Å². The van der Waals surface area contributed by atoms with Crippen LogP contribution in [-0.2, 0) is 30.6 Å². The molecule has 1 aliphatic carbocycles. The van der Waals surface area contributed by atoms with Crippen molar-refractivity contribution in [2.75, 3.05) is 0 Å². The third kappa shape index (κ3) is 3.55. The normalized spacial score (nSPS) is 13.7. The Morgan fingerprint density at radius 3 is 2.86 bits per heavy atom. The third-order valence-corrected chi connectivity index (χ3v) is 6.54. The summed E-state index contributed by atoms with van der Waals surface area (Å²) in [5, 5.41) is 3.62. The van der Waals surface area contributed by atoms with Crippen molar-refractivity contribution in [3.63, 3.8) is 0 Å². The Morgan fingerprint density at radius 1 is 1.10 bits per heavy atom. The number of fused-ring (bicyclic) bond motifs is 4. The number of amides is 1. The molecule has 5 rings (SSSR count). The standard InChI is InChI=1S/C21H21N5O2S/c27-18(22-11-17-23-13-6-2-3-7-14(13)24-17)10-9-16-25-20(28)19-12-5-1-4-8-15(12)29-21(19)26-16/h2-3,6-7H,1,4-5,8-11H2,(H,22,27)(H,23,24)(H,25,26,28). The van der Waals surface area contributed by atoms with Crippen LogP contribution >= 0.6 is 11.3 Å². The number of H-pyrrole nitrogens is 2. The highest BCUT2D eigenvalue weighted by atomic mass is 32.1. The lowest BCUT2D eigenvalue weighted by Crippen LogP contribution is -2.24. The van der Waals surface area contributed by atoms with E-state index >= 15 is 0 Å². The Kier molecular flexibility index (Phi) is 4.63. The molecule has 0 aliphatic heterocycles. The molecule has 0 spiro atoms. The lowest BCUT2D eigenvalue weighted by Gasteiger charge is -2.09. The monoisotopic (exact) mass is 407 g/mol. The first kappa shape index (κ1) is 18.1. The van der Waals surface area contributed by atoms with Crippen LogP contribution in [0.5, 0.6) is 0 Å². The summed E-state index contributed by atoms with van der Waals surface area (Å²) in [7, 11) is 0. The Hall–Kier alpha value is -3.00. The van der Waals surface area contributed by atoms with Gasteiger partial charge in [0.05, 0.1) is 23.0 Å². The minimum absolute atomic E-state index is 0.0768. The molecule has 0 bridgehead atoms. The molecule has 148 valence electrons. The summed E-state index contributed by atoms with van der Waals surface area (Å²) in [4.78, 5) is 42.1. The molecule has 29 heavy (non-hydrogen) atoms. The number of benzene rings is 1.